The highest BCUT2D eigenvalue weighted by molar-refractivity contribution is 8.00. The second-order valence-electron chi connectivity index (χ2n) is 5.53. The first kappa shape index (κ1) is 14.0. The number of thioether (sulfide) groups is 1. The quantitative estimate of drug-likeness (QED) is 0.823. The molecule has 1 N–H and O–H groups in total. The molecule has 1 aromatic rings. The van der Waals surface area contributed by atoms with E-state index in [1.807, 2.05) is 0 Å². The SMILES string of the molecule is CC(C)NCCc1ccc(SC2CCCC2)cc1. The van der Waals surface area contributed by atoms with Gasteiger partial charge in [0, 0.05) is 16.2 Å². The Morgan fingerprint density at radius 2 is 1.83 bits per heavy atom. The van der Waals surface area contributed by atoms with Crippen molar-refractivity contribution in [2.45, 2.75) is 62.1 Å². The first-order chi connectivity index (χ1) is 8.74. The van der Waals surface area contributed by atoms with E-state index in [0.717, 1.165) is 18.2 Å². The molecule has 0 saturated heterocycles. The Morgan fingerprint density at radius 1 is 1.17 bits per heavy atom. The minimum atomic E-state index is 0.585. The van der Waals surface area contributed by atoms with Crippen molar-refractivity contribution in [3.05, 3.63) is 29.8 Å². The molecule has 0 atom stereocenters. The molecule has 0 amide bonds. The van der Waals surface area contributed by atoms with Gasteiger partial charge in [-0.1, -0.05) is 38.8 Å². The van der Waals surface area contributed by atoms with Gasteiger partial charge in [-0.05, 0) is 43.5 Å². The predicted octanol–water partition coefficient (Wildman–Crippen LogP) is 4.26. The smallest absolute Gasteiger partial charge is 0.00944 e. The molecule has 1 aliphatic rings. The summed E-state index contributed by atoms with van der Waals surface area (Å²) in [6, 6.07) is 9.77. The monoisotopic (exact) mass is 263 g/mol. The van der Waals surface area contributed by atoms with Gasteiger partial charge in [-0.3, -0.25) is 0 Å². The Bertz CT molecular complexity index is 339. The summed E-state index contributed by atoms with van der Waals surface area (Å²) in [6.07, 6.45) is 6.80. The highest BCUT2D eigenvalue weighted by Crippen LogP contribution is 2.34. The molecule has 100 valence electrons. The van der Waals surface area contributed by atoms with Crippen LogP contribution in [0.4, 0.5) is 0 Å². The van der Waals surface area contributed by atoms with Crippen LogP contribution < -0.4 is 5.32 Å². The van der Waals surface area contributed by atoms with E-state index >= 15 is 0 Å². The lowest BCUT2D eigenvalue weighted by Crippen LogP contribution is -2.24. The Kier molecular flexibility index (Phi) is 5.58. The van der Waals surface area contributed by atoms with Crippen molar-refractivity contribution >= 4 is 11.8 Å². The third-order valence-corrected chi connectivity index (χ3v) is 4.84. The Labute approximate surface area is 116 Å². The second kappa shape index (κ2) is 7.20. The van der Waals surface area contributed by atoms with Crippen LogP contribution in [0, 0.1) is 0 Å². The van der Waals surface area contributed by atoms with Crippen LogP contribution in [0.1, 0.15) is 45.1 Å². The molecule has 2 rings (SSSR count). The number of rotatable bonds is 6. The average molecular weight is 263 g/mol. The fourth-order valence-electron chi connectivity index (χ4n) is 2.44. The topological polar surface area (TPSA) is 12.0 Å². The van der Waals surface area contributed by atoms with Crippen LogP contribution in [0.3, 0.4) is 0 Å². The molecular formula is C16H25NS. The van der Waals surface area contributed by atoms with E-state index in [9.17, 15) is 0 Å². The number of nitrogens with one attached hydrogen (secondary N) is 1. The maximum absolute atomic E-state index is 3.46. The van der Waals surface area contributed by atoms with Crippen LogP contribution in [-0.2, 0) is 6.42 Å². The minimum absolute atomic E-state index is 0.585. The second-order valence-corrected chi connectivity index (χ2v) is 6.90. The van der Waals surface area contributed by atoms with Gasteiger partial charge in [0.15, 0.2) is 0 Å². The summed E-state index contributed by atoms with van der Waals surface area (Å²) in [7, 11) is 0. The van der Waals surface area contributed by atoms with Gasteiger partial charge in [0.1, 0.15) is 0 Å². The molecule has 1 aliphatic carbocycles. The van der Waals surface area contributed by atoms with E-state index in [1.165, 1.54) is 36.1 Å². The van der Waals surface area contributed by atoms with Crippen LogP contribution in [0.2, 0.25) is 0 Å². The van der Waals surface area contributed by atoms with E-state index in [1.54, 1.807) is 0 Å². The van der Waals surface area contributed by atoms with Crippen molar-refractivity contribution in [1.82, 2.24) is 5.32 Å². The first-order valence-electron chi connectivity index (χ1n) is 7.23. The van der Waals surface area contributed by atoms with E-state index < -0.39 is 0 Å². The summed E-state index contributed by atoms with van der Waals surface area (Å²) in [5, 5.41) is 4.34. The maximum Gasteiger partial charge on any atom is 0.00944 e. The van der Waals surface area contributed by atoms with Crippen molar-refractivity contribution in [3.8, 4) is 0 Å². The fraction of sp³-hybridized carbons (Fsp3) is 0.625. The molecule has 1 nitrogen and oxygen atoms in total. The fourth-order valence-corrected chi connectivity index (χ4v) is 3.69. The van der Waals surface area contributed by atoms with Crippen LogP contribution >= 0.6 is 11.8 Å². The zero-order valence-corrected chi connectivity index (χ0v) is 12.4. The van der Waals surface area contributed by atoms with Gasteiger partial charge < -0.3 is 5.32 Å². The lowest BCUT2D eigenvalue weighted by molar-refractivity contribution is 0.590. The molecule has 0 heterocycles. The number of hydrogen-bond donors (Lipinski definition) is 1. The van der Waals surface area contributed by atoms with Crippen LogP contribution in [0.15, 0.2) is 29.2 Å². The van der Waals surface area contributed by atoms with Gasteiger partial charge >= 0.3 is 0 Å². The number of hydrogen-bond acceptors (Lipinski definition) is 2. The molecule has 2 heteroatoms. The molecule has 1 fully saturated rings. The Balaban J connectivity index is 1.77. The third-order valence-electron chi connectivity index (χ3n) is 3.49. The summed E-state index contributed by atoms with van der Waals surface area (Å²) in [4.78, 5) is 1.45. The number of benzene rings is 1. The summed E-state index contributed by atoms with van der Waals surface area (Å²) in [6.45, 7) is 5.47. The normalized spacial score (nSPS) is 16.6. The lowest BCUT2D eigenvalue weighted by Gasteiger charge is -2.10. The van der Waals surface area contributed by atoms with Crippen molar-refractivity contribution in [2.24, 2.45) is 0 Å². The lowest BCUT2D eigenvalue weighted by atomic mass is 10.1. The zero-order chi connectivity index (χ0) is 12.8. The van der Waals surface area contributed by atoms with Crippen molar-refractivity contribution < 1.29 is 0 Å². The van der Waals surface area contributed by atoms with Gasteiger partial charge in [0.25, 0.3) is 0 Å². The van der Waals surface area contributed by atoms with Gasteiger partial charge in [0.2, 0.25) is 0 Å². The molecule has 0 radical (unpaired) electrons. The molecule has 0 unspecified atom stereocenters. The third kappa shape index (κ3) is 4.66. The highest BCUT2D eigenvalue weighted by atomic mass is 32.2. The van der Waals surface area contributed by atoms with Gasteiger partial charge in [-0.25, -0.2) is 0 Å². The van der Waals surface area contributed by atoms with Crippen molar-refractivity contribution in [1.29, 1.82) is 0 Å². The molecule has 0 aliphatic heterocycles. The van der Waals surface area contributed by atoms with Gasteiger partial charge in [-0.2, -0.15) is 0 Å². The van der Waals surface area contributed by atoms with Crippen LogP contribution in [0.5, 0.6) is 0 Å². The van der Waals surface area contributed by atoms with E-state index in [4.69, 9.17) is 0 Å². The van der Waals surface area contributed by atoms with Gasteiger partial charge in [0.05, 0.1) is 0 Å². The highest BCUT2D eigenvalue weighted by Gasteiger charge is 2.15. The molecule has 0 aromatic heterocycles. The summed E-state index contributed by atoms with van der Waals surface area (Å²) >= 11 is 2.07. The molecule has 1 saturated carbocycles. The Morgan fingerprint density at radius 3 is 2.44 bits per heavy atom. The molecule has 18 heavy (non-hydrogen) atoms. The zero-order valence-electron chi connectivity index (χ0n) is 11.6. The van der Waals surface area contributed by atoms with E-state index in [-0.39, 0.29) is 0 Å². The first-order valence-corrected chi connectivity index (χ1v) is 8.11. The maximum atomic E-state index is 3.46. The van der Waals surface area contributed by atoms with Crippen LogP contribution in [0.25, 0.3) is 0 Å². The molecule has 0 spiro atoms. The van der Waals surface area contributed by atoms with Crippen molar-refractivity contribution in [2.75, 3.05) is 6.54 Å². The van der Waals surface area contributed by atoms with Crippen LogP contribution in [-0.4, -0.2) is 17.8 Å². The standard InChI is InChI=1S/C16H25NS/c1-13(2)17-12-11-14-7-9-16(10-8-14)18-15-5-3-4-6-15/h7-10,13,15,17H,3-6,11-12H2,1-2H3. The van der Waals surface area contributed by atoms with Crippen molar-refractivity contribution in [3.63, 3.8) is 0 Å². The average Bonchev–Trinajstić information content (AvgIpc) is 2.84. The summed E-state index contributed by atoms with van der Waals surface area (Å²) < 4.78 is 0. The Hall–Kier alpha value is -0.470. The van der Waals surface area contributed by atoms with Gasteiger partial charge in [-0.15, -0.1) is 11.8 Å². The minimum Gasteiger partial charge on any atom is -0.314 e. The molecule has 0 bridgehead atoms. The summed E-state index contributed by atoms with van der Waals surface area (Å²) in [5.74, 6) is 0. The molecule has 1 aromatic carbocycles. The van der Waals surface area contributed by atoms with E-state index in [2.05, 4.69) is 55.2 Å². The summed E-state index contributed by atoms with van der Waals surface area (Å²) in [5.41, 5.74) is 1.44. The van der Waals surface area contributed by atoms with E-state index in [0.29, 0.717) is 6.04 Å². The predicted molar refractivity (Wildman–Crippen MR) is 81.4 cm³/mol. The molecular weight excluding hydrogens is 238 g/mol. The largest absolute Gasteiger partial charge is 0.314 e.